The second kappa shape index (κ2) is 7.88. The lowest BCUT2D eigenvalue weighted by Crippen LogP contribution is -1.90. The normalized spacial score (nSPS) is 11.0. The molecule has 26 heavy (non-hydrogen) atoms. The molecule has 0 fully saturated rings. The Morgan fingerprint density at radius 3 is 1.42 bits per heavy atom. The molecule has 0 nitrogen and oxygen atoms in total. The quantitative estimate of drug-likeness (QED) is 0.274. The zero-order chi connectivity index (χ0) is 17.9. The fourth-order valence-electron chi connectivity index (χ4n) is 3.10. The van der Waals surface area contributed by atoms with Gasteiger partial charge in [-0.2, -0.15) is 0 Å². The minimum absolute atomic E-state index is 1.11. The number of rotatable bonds is 3. The largest absolute Gasteiger partial charge is 0.0622 e. The Labute approximate surface area is 172 Å². The van der Waals surface area contributed by atoms with Crippen LogP contribution in [0.4, 0.5) is 0 Å². The Balaban J connectivity index is 2.12. The smallest absolute Gasteiger partial charge is 0.0601 e. The zero-order valence-electron chi connectivity index (χ0n) is 13.9. The van der Waals surface area contributed by atoms with Gasteiger partial charge in [0.05, 0.1) is 4.20 Å². The van der Waals surface area contributed by atoms with Crippen LogP contribution in [0.5, 0.6) is 0 Å². The summed E-state index contributed by atoms with van der Waals surface area (Å²) in [7, 11) is 1.16. The number of hydrogen-bond donors (Lipinski definition) is 0. The second-order valence-electron chi connectivity index (χ2n) is 5.91. The van der Waals surface area contributed by atoms with Crippen LogP contribution in [0.3, 0.4) is 0 Å². The molecular weight excluding hydrogens is 467 g/mol. The fourth-order valence-corrected chi connectivity index (χ4v) is 5.56. The van der Waals surface area contributed by atoms with Crippen LogP contribution < -0.4 is 0 Å². The average molecular weight is 482 g/mol. The molecule has 1 heterocycles. The van der Waals surface area contributed by atoms with Gasteiger partial charge in [-0.05, 0) is 48.6 Å². The molecule has 0 N–H and O–H groups in total. The SMILES string of the molecule is Brc1pc(-c2ccccc2)c(-c2ccccc2)c(-c2ccccc2)c1Br. The molecule has 0 atom stereocenters. The van der Waals surface area contributed by atoms with E-state index in [2.05, 4.69) is 123 Å². The molecule has 4 aromatic rings. The third-order valence-corrected chi connectivity index (χ3v) is 7.95. The number of halogens is 2. The van der Waals surface area contributed by atoms with Crippen LogP contribution >= 0.6 is 40.1 Å². The predicted molar refractivity (Wildman–Crippen MR) is 121 cm³/mol. The van der Waals surface area contributed by atoms with Crippen molar-refractivity contribution in [3.63, 3.8) is 0 Å². The highest BCUT2D eigenvalue weighted by molar-refractivity contribution is 9.13. The van der Waals surface area contributed by atoms with Crippen LogP contribution in [0, 0.1) is 0 Å². The monoisotopic (exact) mass is 480 g/mol. The van der Waals surface area contributed by atoms with Gasteiger partial charge in [0.25, 0.3) is 0 Å². The Kier molecular flexibility index (Phi) is 5.36. The third kappa shape index (κ3) is 3.42. The van der Waals surface area contributed by atoms with Crippen molar-refractivity contribution in [3.8, 4) is 33.1 Å². The summed E-state index contributed by atoms with van der Waals surface area (Å²) in [5.74, 6) is 0. The Bertz CT molecular complexity index is 1030. The topological polar surface area (TPSA) is 0 Å². The van der Waals surface area contributed by atoms with Crippen molar-refractivity contribution >= 4 is 40.1 Å². The van der Waals surface area contributed by atoms with Gasteiger partial charge in [-0.1, -0.05) is 99.2 Å². The van der Waals surface area contributed by atoms with E-state index in [1.165, 1.54) is 33.1 Å². The minimum atomic E-state index is 1.11. The van der Waals surface area contributed by atoms with Gasteiger partial charge in [-0.25, -0.2) is 0 Å². The minimum Gasteiger partial charge on any atom is -0.0622 e. The lowest BCUT2D eigenvalue weighted by atomic mass is 9.93. The lowest BCUT2D eigenvalue weighted by Gasteiger charge is -2.19. The third-order valence-electron chi connectivity index (χ3n) is 4.27. The van der Waals surface area contributed by atoms with Crippen molar-refractivity contribution in [2.45, 2.75) is 0 Å². The van der Waals surface area contributed by atoms with E-state index in [0.29, 0.717) is 0 Å². The van der Waals surface area contributed by atoms with E-state index in [-0.39, 0.29) is 0 Å². The standard InChI is InChI=1S/C23H15Br2P/c24-21-19(16-10-4-1-5-11-16)20(17-12-6-2-7-13-17)22(26-23(21)25)18-14-8-3-9-15-18/h1-15H. The molecule has 0 bridgehead atoms. The number of benzene rings is 3. The molecule has 0 saturated heterocycles. The maximum atomic E-state index is 3.85. The van der Waals surface area contributed by atoms with Crippen LogP contribution in [0.25, 0.3) is 33.1 Å². The van der Waals surface area contributed by atoms with E-state index in [9.17, 15) is 0 Å². The van der Waals surface area contributed by atoms with Crippen molar-refractivity contribution in [1.29, 1.82) is 0 Å². The molecule has 0 spiro atoms. The second-order valence-corrected chi connectivity index (χ2v) is 9.23. The van der Waals surface area contributed by atoms with Crippen LogP contribution in [-0.4, -0.2) is 0 Å². The van der Waals surface area contributed by atoms with E-state index in [1.54, 1.807) is 0 Å². The molecule has 3 aromatic carbocycles. The highest BCUT2D eigenvalue weighted by atomic mass is 79.9. The summed E-state index contributed by atoms with van der Waals surface area (Å²) in [6.07, 6.45) is 0. The molecule has 0 unspecified atom stereocenters. The van der Waals surface area contributed by atoms with Crippen LogP contribution in [0.15, 0.2) is 99.7 Å². The molecule has 0 saturated carbocycles. The van der Waals surface area contributed by atoms with Gasteiger partial charge in [0, 0.05) is 20.9 Å². The summed E-state index contributed by atoms with van der Waals surface area (Å²) in [5.41, 5.74) is 6.19. The summed E-state index contributed by atoms with van der Waals surface area (Å²) in [6, 6.07) is 31.9. The first-order chi connectivity index (χ1) is 12.8. The van der Waals surface area contributed by atoms with Crippen molar-refractivity contribution < 1.29 is 0 Å². The summed E-state index contributed by atoms with van der Waals surface area (Å²) < 4.78 is 2.26. The molecule has 3 heteroatoms. The predicted octanol–water partition coefficient (Wildman–Crippen LogP) is 8.79. The van der Waals surface area contributed by atoms with Gasteiger partial charge in [0.15, 0.2) is 0 Å². The van der Waals surface area contributed by atoms with E-state index >= 15 is 0 Å². The zero-order valence-corrected chi connectivity index (χ0v) is 17.9. The van der Waals surface area contributed by atoms with E-state index in [4.69, 9.17) is 0 Å². The van der Waals surface area contributed by atoms with Crippen LogP contribution in [-0.2, 0) is 0 Å². The van der Waals surface area contributed by atoms with Gasteiger partial charge in [0.1, 0.15) is 0 Å². The lowest BCUT2D eigenvalue weighted by molar-refractivity contribution is 1.58. The first kappa shape index (κ1) is 17.7. The van der Waals surface area contributed by atoms with E-state index < -0.39 is 0 Å². The molecule has 0 amide bonds. The molecule has 126 valence electrons. The fraction of sp³-hybridized carbons (Fsp3) is 0. The molecule has 4 rings (SSSR count). The van der Waals surface area contributed by atoms with E-state index in [1.807, 2.05) is 0 Å². The van der Waals surface area contributed by atoms with Gasteiger partial charge < -0.3 is 0 Å². The average Bonchev–Trinajstić information content (AvgIpc) is 2.71. The summed E-state index contributed by atoms with van der Waals surface area (Å²) in [6.45, 7) is 0. The maximum absolute atomic E-state index is 3.85. The van der Waals surface area contributed by atoms with Crippen molar-refractivity contribution in [3.05, 3.63) is 99.7 Å². The molecule has 0 aliphatic carbocycles. The van der Waals surface area contributed by atoms with Crippen molar-refractivity contribution in [2.24, 2.45) is 0 Å². The maximum Gasteiger partial charge on any atom is 0.0601 e. The van der Waals surface area contributed by atoms with Crippen LogP contribution in [0.2, 0.25) is 0 Å². The van der Waals surface area contributed by atoms with Gasteiger partial charge in [-0.3, -0.25) is 0 Å². The Morgan fingerprint density at radius 2 is 0.923 bits per heavy atom. The molecule has 1 aromatic heterocycles. The molecule has 0 radical (unpaired) electrons. The summed E-state index contributed by atoms with van der Waals surface area (Å²) in [5, 5.41) is 1.31. The van der Waals surface area contributed by atoms with Crippen LogP contribution in [0.1, 0.15) is 0 Å². The summed E-state index contributed by atoms with van der Waals surface area (Å²) in [4.78, 5) is 0. The Morgan fingerprint density at radius 1 is 0.500 bits per heavy atom. The first-order valence-corrected chi connectivity index (χ1v) is 10.8. The van der Waals surface area contributed by atoms with Gasteiger partial charge >= 0.3 is 0 Å². The Hall–Kier alpha value is -1.73. The highest BCUT2D eigenvalue weighted by Gasteiger charge is 2.20. The van der Waals surface area contributed by atoms with Crippen molar-refractivity contribution in [1.82, 2.24) is 0 Å². The molecule has 0 aliphatic rings. The highest BCUT2D eigenvalue weighted by Crippen LogP contribution is 2.52. The first-order valence-electron chi connectivity index (χ1n) is 8.31. The van der Waals surface area contributed by atoms with E-state index in [0.717, 1.165) is 16.9 Å². The molecular formula is C23H15Br2P. The summed E-state index contributed by atoms with van der Waals surface area (Å²) >= 11 is 7.64. The number of hydrogen-bond acceptors (Lipinski definition) is 0. The van der Waals surface area contributed by atoms with Gasteiger partial charge in [-0.15, -0.1) is 0 Å². The van der Waals surface area contributed by atoms with Gasteiger partial charge in [0.2, 0.25) is 0 Å². The molecule has 0 aliphatic heterocycles. The van der Waals surface area contributed by atoms with Crippen molar-refractivity contribution in [2.75, 3.05) is 0 Å².